The van der Waals surface area contributed by atoms with Crippen molar-refractivity contribution >= 4 is 79.9 Å². The van der Waals surface area contributed by atoms with Gasteiger partial charge in [0.1, 0.15) is 11.3 Å². The zero-order valence-electron chi connectivity index (χ0n) is 18.5. The zero-order valence-corrected chi connectivity index (χ0v) is 22.3. The van der Waals surface area contributed by atoms with Gasteiger partial charge in [-0.05, 0) is 83.3 Å². The lowest BCUT2D eigenvalue weighted by molar-refractivity contribution is -0.384. The molecule has 0 aliphatic carbocycles. The Morgan fingerprint density at radius 3 is 2.70 bits per heavy atom. The van der Waals surface area contributed by atoms with Crippen molar-refractivity contribution in [2.24, 2.45) is 0 Å². The van der Waals surface area contributed by atoms with E-state index in [4.69, 9.17) is 32.7 Å². The minimum absolute atomic E-state index is 0.00313. The number of non-ortho nitro benzene ring substituents is 1. The molecular weight excluding hydrogens is 631 g/mol. The first-order valence-corrected chi connectivity index (χ1v) is 12.5. The number of nitrogens with zero attached hydrogens (tertiary/aromatic N) is 2. The number of thiocarbonyl (C=S) groups is 1. The zero-order chi connectivity index (χ0) is 26.1. The normalized spacial score (nSPS) is 10.9. The summed E-state index contributed by atoms with van der Waals surface area (Å²) in [5, 5.41) is 17.1. The largest absolute Gasteiger partial charge is 0.451 e. The van der Waals surface area contributed by atoms with Gasteiger partial charge in [-0.25, -0.2) is 4.98 Å². The van der Waals surface area contributed by atoms with Crippen molar-refractivity contribution in [3.8, 4) is 22.8 Å². The van der Waals surface area contributed by atoms with Gasteiger partial charge in [0.15, 0.2) is 16.5 Å². The van der Waals surface area contributed by atoms with Gasteiger partial charge in [-0.2, -0.15) is 0 Å². The van der Waals surface area contributed by atoms with Crippen molar-refractivity contribution in [3.63, 3.8) is 0 Å². The summed E-state index contributed by atoms with van der Waals surface area (Å²) >= 11 is 13.8. The smallest absolute Gasteiger partial charge is 0.293 e. The molecule has 12 heteroatoms. The summed E-state index contributed by atoms with van der Waals surface area (Å²) < 4.78 is 12.4. The molecule has 0 aliphatic rings. The first-order valence-electron chi connectivity index (χ1n) is 10.6. The molecule has 5 rings (SSSR count). The summed E-state index contributed by atoms with van der Waals surface area (Å²) in [6.45, 7) is 0. The second-order valence-electron chi connectivity index (χ2n) is 7.71. The summed E-state index contributed by atoms with van der Waals surface area (Å²) in [5.41, 5.74) is 2.81. The Balaban J connectivity index is 1.27. The number of amides is 1. The van der Waals surface area contributed by atoms with Gasteiger partial charge in [0.25, 0.3) is 11.6 Å². The molecule has 0 atom stereocenters. The van der Waals surface area contributed by atoms with E-state index in [1.54, 1.807) is 42.5 Å². The molecule has 3 aromatic carbocycles. The monoisotopic (exact) mass is 644 g/mol. The third-order valence-corrected chi connectivity index (χ3v) is 6.41. The molecule has 1 amide bonds. The number of hydrogen-bond donors (Lipinski definition) is 2. The van der Waals surface area contributed by atoms with Gasteiger partial charge in [0.05, 0.1) is 15.5 Å². The van der Waals surface area contributed by atoms with E-state index in [0.29, 0.717) is 44.6 Å². The number of hydrogen-bond acceptors (Lipinski definition) is 7. The molecule has 2 heterocycles. The summed E-state index contributed by atoms with van der Waals surface area (Å²) in [7, 11) is 0. The number of nitro benzene ring substituents is 1. The fraction of sp³-hybridized carbons (Fsp3) is 0. The molecule has 9 nitrogen and oxygen atoms in total. The third kappa shape index (κ3) is 5.48. The van der Waals surface area contributed by atoms with Gasteiger partial charge < -0.3 is 14.2 Å². The summed E-state index contributed by atoms with van der Waals surface area (Å²) in [6, 6.07) is 19.7. The summed E-state index contributed by atoms with van der Waals surface area (Å²) in [4.78, 5) is 27.7. The van der Waals surface area contributed by atoms with Crippen LogP contribution in [0.5, 0.6) is 0 Å². The molecule has 2 aromatic heterocycles. The van der Waals surface area contributed by atoms with Gasteiger partial charge in [0, 0.05) is 27.0 Å². The Labute approximate surface area is 233 Å². The van der Waals surface area contributed by atoms with Gasteiger partial charge in [-0.1, -0.05) is 23.7 Å². The molecule has 0 unspecified atom stereocenters. The maximum atomic E-state index is 12.6. The molecule has 0 saturated carbocycles. The number of nitrogens with one attached hydrogen (secondary N) is 2. The molecule has 2 N–H and O–H groups in total. The predicted molar refractivity (Wildman–Crippen MR) is 152 cm³/mol. The molecule has 37 heavy (non-hydrogen) atoms. The standard InChI is InChI=1S/C25H14ClIN4O5S/c26-18-6-4-14(27)11-17(18)24-29-19-12-15(5-7-21(19)36-24)28-25(37)30-23(32)22-9-8-20(35-22)13-2-1-3-16(10-13)31(33)34/h1-12H,(H2,28,30,32,37). The van der Waals surface area contributed by atoms with Crippen LogP contribution in [0.15, 0.2) is 81.6 Å². The number of nitro groups is 1. The van der Waals surface area contributed by atoms with Crippen LogP contribution in [0.4, 0.5) is 11.4 Å². The van der Waals surface area contributed by atoms with Gasteiger partial charge in [-0.3, -0.25) is 20.2 Å². The van der Waals surface area contributed by atoms with E-state index in [1.807, 2.05) is 12.1 Å². The van der Waals surface area contributed by atoms with E-state index in [2.05, 4.69) is 38.2 Å². The molecular formula is C25H14ClIN4O5S. The lowest BCUT2D eigenvalue weighted by Crippen LogP contribution is -2.33. The third-order valence-electron chi connectivity index (χ3n) is 5.20. The minimum atomic E-state index is -0.577. The molecule has 0 aliphatic heterocycles. The maximum absolute atomic E-state index is 12.6. The van der Waals surface area contributed by atoms with Gasteiger partial charge in [0.2, 0.25) is 5.89 Å². The molecule has 0 radical (unpaired) electrons. The van der Waals surface area contributed by atoms with Crippen molar-refractivity contribution in [2.75, 3.05) is 5.32 Å². The predicted octanol–water partition coefficient (Wildman–Crippen LogP) is 7.05. The highest BCUT2D eigenvalue weighted by molar-refractivity contribution is 14.1. The van der Waals surface area contributed by atoms with E-state index < -0.39 is 10.8 Å². The number of carbonyl (C=O) groups is 1. The lowest BCUT2D eigenvalue weighted by Gasteiger charge is -2.08. The van der Waals surface area contributed by atoms with Crippen molar-refractivity contribution in [1.82, 2.24) is 10.3 Å². The van der Waals surface area contributed by atoms with Crippen LogP contribution >= 0.6 is 46.4 Å². The van der Waals surface area contributed by atoms with Crippen LogP contribution in [0.2, 0.25) is 5.02 Å². The van der Waals surface area contributed by atoms with Crippen molar-refractivity contribution < 1.29 is 18.6 Å². The topological polar surface area (TPSA) is 123 Å². The highest BCUT2D eigenvalue weighted by Gasteiger charge is 2.16. The average molecular weight is 645 g/mol. The highest BCUT2D eigenvalue weighted by Crippen LogP contribution is 2.32. The van der Waals surface area contributed by atoms with E-state index in [0.717, 1.165) is 3.57 Å². The number of carbonyl (C=O) groups excluding carboxylic acids is 1. The number of aromatic nitrogens is 1. The van der Waals surface area contributed by atoms with Crippen molar-refractivity contribution in [2.45, 2.75) is 0 Å². The van der Waals surface area contributed by atoms with Crippen molar-refractivity contribution in [1.29, 1.82) is 0 Å². The number of anilines is 1. The van der Waals surface area contributed by atoms with E-state index in [9.17, 15) is 14.9 Å². The molecule has 5 aromatic rings. The summed E-state index contributed by atoms with van der Waals surface area (Å²) in [6.07, 6.45) is 0. The Bertz CT molecular complexity index is 1700. The minimum Gasteiger partial charge on any atom is -0.451 e. The molecule has 184 valence electrons. The van der Waals surface area contributed by atoms with E-state index >= 15 is 0 Å². The Hall–Kier alpha value is -3.81. The molecule has 0 saturated heterocycles. The van der Waals surface area contributed by atoms with Gasteiger partial charge in [-0.15, -0.1) is 0 Å². The molecule has 0 bridgehead atoms. The first kappa shape index (κ1) is 24.9. The Morgan fingerprint density at radius 1 is 1.05 bits per heavy atom. The second kappa shape index (κ2) is 10.3. The average Bonchev–Trinajstić information content (AvgIpc) is 3.53. The number of furan rings is 1. The van der Waals surface area contributed by atoms with Gasteiger partial charge >= 0.3 is 0 Å². The highest BCUT2D eigenvalue weighted by atomic mass is 127. The number of benzene rings is 3. The maximum Gasteiger partial charge on any atom is 0.293 e. The number of fused-ring (bicyclic) bond motifs is 1. The number of halogens is 2. The van der Waals surface area contributed by atoms with Crippen LogP contribution in [0, 0.1) is 13.7 Å². The van der Waals surface area contributed by atoms with Crippen molar-refractivity contribution in [3.05, 3.63) is 97.3 Å². The molecule has 0 fully saturated rings. The fourth-order valence-electron chi connectivity index (χ4n) is 3.50. The lowest BCUT2D eigenvalue weighted by atomic mass is 10.1. The van der Waals surface area contributed by atoms with Crippen LogP contribution in [0.25, 0.3) is 33.9 Å². The summed E-state index contributed by atoms with van der Waals surface area (Å²) in [5.74, 6) is 0.126. The fourth-order valence-corrected chi connectivity index (χ4v) is 4.40. The van der Waals surface area contributed by atoms with Crippen LogP contribution < -0.4 is 10.6 Å². The second-order valence-corrected chi connectivity index (χ2v) is 9.77. The van der Waals surface area contributed by atoms with Crippen LogP contribution in [0.1, 0.15) is 10.6 Å². The SMILES string of the molecule is O=C(NC(=S)Nc1ccc2oc(-c3cc(I)ccc3Cl)nc2c1)c1ccc(-c2cccc([N+](=O)[O-])c2)o1. The molecule has 0 spiro atoms. The Morgan fingerprint density at radius 2 is 1.89 bits per heavy atom. The quantitative estimate of drug-likeness (QED) is 0.0903. The number of rotatable bonds is 5. The first-order chi connectivity index (χ1) is 17.8. The van der Waals surface area contributed by atoms with E-state index in [1.165, 1.54) is 18.2 Å². The van der Waals surface area contributed by atoms with E-state index in [-0.39, 0.29) is 16.6 Å². The van der Waals surface area contributed by atoms with Crippen LogP contribution in [0.3, 0.4) is 0 Å². The number of oxazole rings is 1. The Kier molecular flexibility index (Phi) is 6.91. The van der Waals surface area contributed by atoms with Crippen LogP contribution in [-0.2, 0) is 0 Å². The van der Waals surface area contributed by atoms with Crippen LogP contribution in [-0.4, -0.2) is 20.9 Å².